The summed E-state index contributed by atoms with van der Waals surface area (Å²) in [7, 11) is 0. The minimum absolute atomic E-state index is 0.0619. The molecule has 2 saturated heterocycles. The van der Waals surface area contributed by atoms with Crippen LogP contribution in [0.5, 0.6) is 5.88 Å². The number of aromatic nitrogens is 2. The van der Waals surface area contributed by atoms with Crippen molar-refractivity contribution in [2.24, 2.45) is 0 Å². The van der Waals surface area contributed by atoms with E-state index in [-0.39, 0.29) is 43.3 Å². The number of rotatable bonds is 8. The van der Waals surface area contributed by atoms with E-state index in [4.69, 9.17) is 9.72 Å². The Hall–Kier alpha value is -4.26. The zero-order valence-corrected chi connectivity index (χ0v) is 24.5. The molecule has 0 radical (unpaired) electrons. The predicted molar refractivity (Wildman–Crippen MR) is 156 cm³/mol. The second kappa shape index (κ2) is 13.2. The van der Waals surface area contributed by atoms with Crippen molar-refractivity contribution in [3.63, 3.8) is 0 Å². The molecule has 9 nitrogen and oxygen atoms in total. The highest BCUT2D eigenvalue weighted by Gasteiger charge is 2.39. The summed E-state index contributed by atoms with van der Waals surface area (Å²) in [6.45, 7) is 6.02. The summed E-state index contributed by atoms with van der Waals surface area (Å²) in [6, 6.07) is 8.84. The molecule has 13 heteroatoms. The molecule has 2 N–H and O–H groups in total. The molecule has 0 aliphatic carbocycles. The van der Waals surface area contributed by atoms with Gasteiger partial charge in [-0.2, -0.15) is 13.2 Å². The summed E-state index contributed by atoms with van der Waals surface area (Å²) in [5, 5.41) is 6.29. The second-order valence-corrected chi connectivity index (χ2v) is 10.7. The molecule has 5 rings (SSSR count). The molecule has 2 aliphatic heterocycles. The fraction of sp³-hybridized carbons (Fsp3) is 0.419. The zero-order chi connectivity index (χ0) is 31.4. The first kappa shape index (κ1) is 31.2. The van der Waals surface area contributed by atoms with Gasteiger partial charge in [-0.1, -0.05) is 6.92 Å². The van der Waals surface area contributed by atoms with Crippen LogP contribution in [0.1, 0.15) is 53.1 Å². The molecule has 2 fully saturated rings. The fourth-order valence-electron chi connectivity index (χ4n) is 5.68. The van der Waals surface area contributed by atoms with Crippen LogP contribution in [-0.2, 0) is 6.18 Å². The van der Waals surface area contributed by atoms with Crippen molar-refractivity contribution in [1.82, 2.24) is 25.5 Å². The van der Waals surface area contributed by atoms with Crippen molar-refractivity contribution in [2.75, 3.05) is 44.2 Å². The van der Waals surface area contributed by atoms with E-state index in [9.17, 15) is 27.2 Å². The van der Waals surface area contributed by atoms with Crippen molar-refractivity contribution < 1.29 is 31.9 Å². The number of alkyl halides is 3. The van der Waals surface area contributed by atoms with Crippen LogP contribution in [-0.4, -0.2) is 78.1 Å². The quantitative estimate of drug-likeness (QED) is 0.360. The third kappa shape index (κ3) is 6.62. The monoisotopic (exact) mass is 614 g/mol. The highest BCUT2D eigenvalue weighted by atomic mass is 19.4. The molecule has 2 amide bonds. The van der Waals surface area contributed by atoms with Gasteiger partial charge >= 0.3 is 6.18 Å². The van der Waals surface area contributed by atoms with Crippen LogP contribution >= 0.6 is 0 Å². The maximum Gasteiger partial charge on any atom is 0.417 e. The number of halogens is 4. The molecule has 2 atom stereocenters. The number of amides is 2. The first-order valence-corrected chi connectivity index (χ1v) is 14.6. The normalized spacial score (nSPS) is 18.8. The lowest BCUT2D eigenvalue weighted by Gasteiger charge is -2.43. The Morgan fingerprint density at radius 1 is 1.14 bits per heavy atom. The van der Waals surface area contributed by atoms with Gasteiger partial charge in [0.1, 0.15) is 5.82 Å². The van der Waals surface area contributed by atoms with E-state index in [1.807, 2.05) is 24.8 Å². The average molecular weight is 615 g/mol. The van der Waals surface area contributed by atoms with Gasteiger partial charge in [-0.3, -0.25) is 9.59 Å². The van der Waals surface area contributed by atoms with Crippen molar-refractivity contribution in [3.8, 4) is 17.1 Å². The number of hydrogen-bond acceptors (Lipinski definition) is 7. The average Bonchev–Trinajstić information content (AvgIpc) is 3.53. The Labute approximate surface area is 252 Å². The molecule has 4 heterocycles. The minimum Gasteiger partial charge on any atom is -0.477 e. The molecule has 44 heavy (non-hydrogen) atoms. The molecular formula is C31H34F4N6O3. The smallest absolute Gasteiger partial charge is 0.417 e. The first-order chi connectivity index (χ1) is 21.1. The zero-order valence-electron chi connectivity index (χ0n) is 24.5. The Kier molecular flexibility index (Phi) is 9.33. The van der Waals surface area contributed by atoms with E-state index >= 15 is 0 Å². The molecule has 0 saturated carbocycles. The van der Waals surface area contributed by atoms with Gasteiger partial charge in [-0.25, -0.2) is 14.4 Å². The summed E-state index contributed by atoms with van der Waals surface area (Å²) >= 11 is 0. The Balaban J connectivity index is 1.46. The van der Waals surface area contributed by atoms with Gasteiger partial charge in [0.25, 0.3) is 11.8 Å². The number of hydrogen-bond donors (Lipinski definition) is 2. The summed E-state index contributed by atoms with van der Waals surface area (Å²) < 4.78 is 60.4. The Morgan fingerprint density at radius 2 is 1.95 bits per heavy atom. The number of benzene rings is 1. The highest BCUT2D eigenvalue weighted by Crippen LogP contribution is 2.35. The maximum atomic E-state index is 13.7. The number of nitrogens with one attached hydrogen (secondary N) is 2. The maximum absolute atomic E-state index is 13.7. The van der Waals surface area contributed by atoms with Crippen molar-refractivity contribution in [2.45, 2.75) is 44.9 Å². The Bertz CT molecular complexity index is 1510. The number of anilines is 1. The van der Waals surface area contributed by atoms with Gasteiger partial charge in [-0.15, -0.1) is 0 Å². The van der Waals surface area contributed by atoms with Crippen molar-refractivity contribution >= 4 is 17.5 Å². The summed E-state index contributed by atoms with van der Waals surface area (Å²) in [6.07, 6.45) is -1.97. The van der Waals surface area contributed by atoms with Crippen molar-refractivity contribution in [3.05, 3.63) is 71.3 Å². The minimum atomic E-state index is -4.89. The van der Waals surface area contributed by atoms with Crippen LogP contribution in [0.2, 0.25) is 0 Å². The highest BCUT2D eigenvalue weighted by molar-refractivity contribution is 5.99. The second-order valence-electron chi connectivity index (χ2n) is 10.7. The van der Waals surface area contributed by atoms with Crippen LogP contribution in [0.15, 0.2) is 48.7 Å². The third-order valence-electron chi connectivity index (χ3n) is 7.88. The van der Waals surface area contributed by atoms with Gasteiger partial charge in [0.05, 0.1) is 34.7 Å². The number of carbonyl (C=O) groups is 2. The standard InChI is InChI=1S/C31H34F4N6O3/c1-3-21-18-40(30(43)22-8-7-19(32)16-24(22)31(33,34)35)14-15-41(21)26-10-9-25(23-6-5-12-37-29(23)44-4-2)39-27(26)28(42)38-20-11-13-36-17-20/h5-10,12,16,20-21,36H,3-4,11,13-15,17-18H2,1-2H3,(H,38,42)/t20-,21-/m1/s1. The molecular weight excluding hydrogens is 580 g/mol. The van der Waals surface area contributed by atoms with Crippen LogP contribution in [0, 0.1) is 5.82 Å². The number of pyridine rings is 2. The topological polar surface area (TPSA) is 99.7 Å². The van der Waals surface area contributed by atoms with E-state index in [0.29, 0.717) is 48.5 Å². The van der Waals surface area contributed by atoms with Gasteiger partial charge in [-0.05, 0) is 68.8 Å². The summed E-state index contributed by atoms with van der Waals surface area (Å²) in [5.41, 5.74) is -0.0369. The third-order valence-corrected chi connectivity index (χ3v) is 7.88. The number of nitrogens with zero attached hydrogens (tertiary/aromatic N) is 4. The summed E-state index contributed by atoms with van der Waals surface area (Å²) in [4.78, 5) is 39.4. The number of piperazine rings is 1. The van der Waals surface area contributed by atoms with E-state index in [1.54, 1.807) is 24.4 Å². The largest absolute Gasteiger partial charge is 0.477 e. The van der Waals surface area contributed by atoms with E-state index in [2.05, 4.69) is 15.6 Å². The number of carbonyl (C=O) groups excluding carboxylic acids is 2. The number of ether oxygens (including phenoxy) is 1. The lowest BCUT2D eigenvalue weighted by molar-refractivity contribution is -0.138. The Morgan fingerprint density at radius 3 is 2.66 bits per heavy atom. The van der Waals surface area contributed by atoms with Gasteiger partial charge in [0.15, 0.2) is 5.69 Å². The molecule has 1 aromatic carbocycles. The molecule has 2 aliphatic rings. The van der Waals surface area contributed by atoms with Crippen LogP contribution in [0.3, 0.4) is 0 Å². The lowest BCUT2D eigenvalue weighted by atomic mass is 10.0. The van der Waals surface area contributed by atoms with E-state index < -0.39 is 29.0 Å². The molecule has 0 unspecified atom stereocenters. The molecule has 234 valence electrons. The van der Waals surface area contributed by atoms with Crippen LogP contribution in [0.25, 0.3) is 11.3 Å². The SMILES string of the molecule is CCOc1ncccc1-c1ccc(N2CCN(C(=O)c3ccc(F)cc3C(F)(F)F)C[C@H]2CC)c(C(=O)N[C@@H]2CCNC2)n1. The van der Waals surface area contributed by atoms with Gasteiger partial charge < -0.3 is 25.2 Å². The van der Waals surface area contributed by atoms with E-state index in [1.165, 1.54) is 4.90 Å². The van der Waals surface area contributed by atoms with Crippen LogP contribution < -0.4 is 20.3 Å². The molecule has 3 aromatic rings. The summed E-state index contributed by atoms with van der Waals surface area (Å²) in [5.74, 6) is -1.86. The van der Waals surface area contributed by atoms with Crippen molar-refractivity contribution in [1.29, 1.82) is 0 Å². The van der Waals surface area contributed by atoms with Crippen LogP contribution in [0.4, 0.5) is 23.2 Å². The fourth-order valence-corrected chi connectivity index (χ4v) is 5.68. The molecule has 0 spiro atoms. The van der Waals surface area contributed by atoms with E-state index in [0.717, 1.165) is 25.1 Å². The van der Waals surface area contributed by atoms with Gasteiger partial charge in [0, 0.05) is 44.5 Å². The molecule has 0 bridgehead atoms. The predicted octanol–water partition coefficient (Wildman–Crippen LogP) is 4.53. The molecule has 2 aromatic heterocycles. The van der Waals surface area contributed by atoms with Gasteiger partial charge in [0.2, 0.25) is 5.88 Å². The first-order valence-electron chi connectivity index (χ1n) is 14.6. The lowest BCUT2D eigenvalue weighted by Crippen LogP contribution is -2.55.